The molecule has 1 aliphatic rings. The molecule has 0 bridgehead atoms. The highest BCUT2D eigenvalue weighted by Crippen LogP contribution is 2.23. The van der Waals surface area contributed by atoms with Gasteiger partial charge < -0.3 is 9.80 Å². The van der Waals surface area contributed by atoms with Crippen molar-refractivity contribution in [3.8, 4) is 0 Å². The van der Waals surface area contributed by atoms with Gasteiger partial charge in [-0.3, -0.25) is 9.59 Å². The van der Waals surface area contributed by atoms with E-state index < -0.39 is 0 Å². The van der Waals surface area contributed by atoms with Crippen LogP contribution in [0.15, 0.2) is 60.7 Å². The Hall–Kier alpha value is -2.62. The van der Waals surface area contributed by atoms with E-state index in [2.05, 4.69) is 0 Å². The van der Waals surface area contributed by atoms with Crippen LogP contribution in [0.25, 0.3) is 0 Å². The molecule has 0 N–H and O–H groups in total. The summed E-state index contributed by atoms with van der Waals surface area (Å²) in [5, 5.41) is 0. The molecule has 1 saturated carbocycles. The zero-order chi connectivity index (χ0) is 20.5. The Balaban J connectivity index is 1.70. The van der Waals surface area contributed by atoms with Crippen LogP contribution in [0, 0.1) is 0 Å². The Labute approximate surface area is 174 Å². The van der Waals surface area contributed by atoms with Gasteiger partial charge in [0.25, 0.3) is 0 Å². The van der Waals surface area contributed by atoms with Gasteiger partial charge in [0.05, 0.1) is 6.54 Å². The first-order valence-corrected chi connectivity index (χ1v) is 10.8. The van der Waals surface area contributed by atoms with Crippen LogP contribution in [0.3, 0.4) is 0 Å². The molecule has 2 aromatic rings. The van der Waals surface area contributed by atoms with Gasteiger partial charge in [0.1, 0.15) is 0 Å². The normalized spacial score (nSPS) is 14.8. The maximum Gasteiger partial charge on any atom is 0.229 e. The molecule has 0 atom stereocenters. The van der Waals surface area contributed by atoms with Gasteiger partial charge in [-0.25, -0.2) is 0 Å². The summed E-state index contributed by atoms with van der Waals surface area (Å²) in [6.07, 6.45) is 7.30. The molecule has 4 nitrogen and oxygen atoms in total. The van der Waals surface area contributed by atoms with Gasteiger partial charge in [-0.2, -0.15) is 0 Å². The van der Waals surface area contributed by atoms with Crippen molar-refractivity contribution >= 4 is 17.5 Å². The summed E-state index contributed by atoms with van der Waals surface area (Å²) < 4.78 is 0. The Bertz CT molecular complexity index is 768. The van der Waals surface area contributed by atoms with Gasteiger partial charge >= 0.3 is 0 Å². The standard InChI is InChI=1S/C25H32N2O2/c1-21(28)26(23-14-8-2-3-9-15-23)19-18-25(29)27(24-16-10-5-11-17-24)20-22-12-6-4-7-13-22/h4-7,10-13,16-17,23H,2-3,8-9,14-15,18-20H2,1H3. The zero-order valence-corrected chi connectivity index (χ0v) is 17.4. The molecule has 0 unspecified atom stereocenters. The van der Waals surface area contributed by atoms with E-state index in [0.717, 1.165) is 24.1 Å². The van der Waals surface area contributed by atoms with Gasteiger partial charge in [0.15, 0.2) is 0 Å². The molecule has 0 spiro atoms. The van der Waals surface area contributed by atoms with E-state index in [1.54, 1.807) is 6.92 Å². The fraction of sp³-hybridized carbons (Fsp3) is 0.440. The van der Waals surface area contributed by atoms with Crippen LogP contribution in [0.2, 0.25) is 0 Å². The number of para-hydroxylation sites is 1. The molecule has 3 rings (SSSR count). The number of rotatable bonds is 7. The van der Waals surface area contributed by atoms with E-state index in [9.17, 15) is 9.59 Å². The number of hydrogen-bond acceptors (Lipinski definition) is 2. The largest absolute Gasteiger partial charge is 0.339 e. The molecule has 1 aliphatic carbocycles. The van der Waals surface area contributed by atoms with E-state index in [1.807, 2.05) is 70.5 Å². The van der Waals surface area contributed by atoms with E-state index in [4.69, 9.17) is 0 Å². The second kappa shape index (κ2) is 10.8. The second-order valence-corrected chi connectivity index (χ2v) is 7.91. The maximum atomic E-state index is 13.2. The average molecular weight is 393 g/mol. The zero-order valence-electron chi connectivity index (χ0n) is 17.4. The van der Waals surface area contributed by atoms with Crippen molar-refractivity contribution in [3.63, 3.8) is 0 Å². The van der Waals surface area contributed by atoms with Crippen molar-refractivity contribution in [2.75, 3.05) is 11.4 Å². The van der Waals surface area contributed by atoms with Crippen LogP contribution in [0.5, 0.6) is 0 Å². The van der Waals surface area contributed by atoms with Crippen molar-refractivity contribution in [1.82, 2.24) is 4.90 Å². The van der Waals surface area contributed by atoms with E-state index >= 15 is 0 Å². The minimum atomic E-state index is 0.0555. The third-order valence-corrected chi connectivity index (χ3v) is 5.79. The fourth-order valence-corrected chi connectivity index (χ4v) is 4.22. The lowest BCUT2D eigenvalue weighted by Crippen LogP contribution is -2.41. The van der Waals surface area contributed by atoms with Gasteiger partial charge in [0.2, 0.25) is 11.8 Å². The summed E-state index contributed by atoms with van der Waals surface area (Å²) in [5.74, 6) is 0.138. The highest BCUT2D eigenvalue weighted by Gasteiger charge is 2.24. The number of hydrogen-bond donors (Lipinski definition) is 0. The lowest BCUT2D eigenvalue weighted by atomic mass is 10.1. The smallest absolute Gasteiger partial charge is 0.229 e. The number of amides is 2. The molecule has 154 valence electrons. The molecule has 0 heterocycles. The van der Waals surface area contributed by atoms with Crippen LogP contribution in [0.4, 0.5) is 5.69 Å². The predicted octanol–water partition coefficient (Wildman–Crippen LogP) is 5.18. The van der Waals surface area contributed by atoms with Crippen LogP contribution < -0.4 is 4.90 Å². The number of nitrogens with zero attached hydrogens (tertiary/aromatic N) is 2. The van der Waals surface area contributed by atoms with Crippen LogP contribution in [0.1, 0.15) is 57.4 Å². The average Bonchev–Trinajstić information content (AvgIpc) is 3.02. The summed E-state index contributed by atoms with van der Waals surface area (Å²) in [4.78, 5) is 29.3. The van der Waals surface area contributed by atoms with Crippen molar-refractivity contribution in [3.05, 3.63) is 66.2 Å². The van der Waals surface area contributed by atoms with E-state index in [0.29, 0.717) is 19.5 Å². The second-order valence-electron chi connectivity index (χ2n) is 7.91. The van der Waals surface area contributed by atoms with E-state index in [1.165, 1.54) is 25.7 Å². The van der Waals surface area contributed by atoms with E-state index in [-0.39, 0.29) is 17.9 Å². The molecular weight excluding hydrogens is 360 g/mol. The minimum absolute atomic E-state index is 0.0555. The molecule has 0 aromatic heterocycles. The van der Waals surface area contributed by atoms with Crippen LogP contribution >= 0.6 is 0 Å². The Kier molecular flexibility index (Phi) is 7.85. The van der Waals surface area contributed by atoms with Crippen LogP contribution in [-0.2, 0) is 16.1 Å². The first kappa shape index (κ1) is 21.1. The number of benzene rings is 2. The number of anilines is 1. The lowest BCUT2D eigenvalue weighted by Gasteiger charge is -2.31. The molecule has 0 aliphatic heterocycles. The van der Waals surface area contributed by atoms with Gasteiger partial charge in [-0.15, -0.1) is 0 Å². The molecule has 2 aromatic carbocycles. The van der Waals surface area contributed by atoms with Crippen molar-refractivity contribution < 1.29 is 9.59 Å². The topological polar surface area (TPSA) is 40.6 Å². The lowest BCUT2D eigenvalue weighted by molar-refractivity contribution is -0.132. The number of carbonyl (C=O) groups excluding carboxylic acids is 2. The summed E-state index contributed by atoms with van der Waals surface area (Å²) in [6.45, 7) is 2.67. The summed E-state index contributed by atoms with van der Waals surface area (Å²) in [7, 11) is 0. The Morgan fingerprint density at radius 2 is 1.45 bits per heavy atom. The Morgan fingerprint density at radius 3 is 2.03 bits per heavy atom. The first-order valence-electron chi connectivity index (χ1n) is 10.8. The van der Waals surface area contributed by atoms with Gasteiger partial charge in [0, 0.05) is 31.6 Å². The SMILES string of the molecule is CC(=O)N(CCC(=O)N(Cc1ccccc1)c1ccccc1)C1CCCCCC1. The number of carbonyl (C=O) groups is 2. The summed E-state index contributed by atoms with van der Waals surface area (Å²) >= 11 is 0. The molecule has 2 amide bonds. The highest BCUT2D eigenvalue weighted by atomic mass is 16.2. The van der Waals surface area contributed by atoms with Crippen molar-refractivity contribution in [1.29, 1.82) is 0 Å². The maximum absolute atomic E-state index is 13.2. The summed E-state index contributed by atoms with van der Waals surface area (Å²) in [5.41, 5.74) is 1.99. The molecule has 0 saturated heterocycles. The third kappa shape index (κ3) is 6.18. The Morgan fingerprint density at radius 1 is 0.862 bits per heavy atom. The van der Waals surface area contributed by atoms with Crippen molar-refractivity contribution in [2.24, 2.45) is 0 Å². The quantitative estimate of drug-likeness (QED) is 0.609. The highest BCUT2D eigenvalue weighted by molar-refractivity contribution is 5.93. The molecular formula is C25H32N2O2. The predicted molar refractivity (Wildman–Crippen MR) is 118 cm³/mol. The van der Waals surface area contributed by atoms with Crippen molar-refractivity contribution in [2.45, 2.75) is 64.5 Å². The van der Waals surface area contributed by atoms with Gasteiger partial charge in [-0.1, -0.05) is 74.2 Å². The summed E-state index contributed by atoms with van der Waals surface area (Å²) in [6, 6.07) is 20.1. The molecule has 4 heteroatoms. The minimum Gasteiger partial charge on any atom is -0.339 e. The van der Waals surface area contributed by atoms with Gasteiger partial charge in [-0.05, 0) is 30.5 Å². The first-order chi connectivity index (χ1) is 14.1. The molecule has 0 radical (unpaired) electrons. The molecule has 29 heavy (non-hydrogen) atoms. The fourth-order valence-electron chi connectivity index (χ4n) is 4.22. The monoisotopic (exact) mass is 392 g/mol. The molecule has 1 fully saturated rings. The third-order valence-electron chi connectivity index (χ3n) is 5.79. The van der Waals surface area contributed by atoms with Crippen LogP contribution in [-0.4, -0.2) is 29.3 Å².